The molecule has 6 nitrogen and oxygen atoms in total. The van der Waals surface area contributed by atoms with Crippen LogP contribution in [0, 0.1) is 0 Å². The average molecular weight is 367 g/mol. The van der Waals surface area contributed by atoms with Gasteiger partial charge in [-0.1, -0.05) is 12.1 Å². The van der Waals surface area contributed by atoms with Crippen LogP contribution in [0.25, 0.3) is 22.1 Å². The lowest BCUT2D eigenvalue weighted by Crippen LogP contribution is -2.25. The zero-order valence-corrected chi connectivity index (χ0v) is 14.9. The molecule has 0 saturated carbocycles. The molecule has 2 heterocycles. The van der Waals surface area contributed by atoms with Gasteiger partial charge in [0, 0.05) is 18.7 Å². The first-order valence-corrected chi connectivity index (χ1v) is 9.05. The van der Waals surface area contributed by atoms with Gasteiger partial charge in [-0.2, -0.15) is 0 Å². The minimum absolute atomic E-state index is 0.113. The van der Waals surface area contributed by atoms with E-state index in [0.717, 1.165) is 19.6 Å². The second-order valence-electron chi connectivity index (χ2n) is 6.74. The molecule has 1 saturated heterocycles. The molecule has 0 amide bonds. The Labute approximate surface area is 156 Å². The van der Waals surface area contributed by atoms with Crippen molar-refractivity contribution < 1.29 is 19.4 Å². The van der Waals surface area contributed by atoms with E-state index < -0.39 is 0 Å². The van der Waals surface area contributed by atoms with Crippen LogP contribution in [-0.4, -0.2) is 41.4 Å². The SMILES string of the molecule is O=c1c(-c2ccc(O)cc2)coc2cc(OCCN3CCCC3)cc(O)c12. The fraction of sp³-hybridized carbons (Fsp3) is 0.286. The number of hydrogen-bond donors (Lipinski definition) is 2. The molecule has 1 aliphatic heterocycles. The second kappa shape index (κ2) is 7.32. The summed E-state index contributed by atoms with van der Waals surface area (Å²) in [7, 11) is 0. The summed E-state index contributed by atoms with van der Waals surface area (Å²) in [5, 5.41) is 19.9. The summed E-state index contributed by atoms with van der Waals surface area (Å²) < 4.78 is 11.3. The molecule has 27 heavy (non-hydrogen) atoms. The van der Waals surface area contributed by atoms with Gasteiger partial charge in [-0.05, 0) is 43.6 Å². The lowest BCUT2D eigenvalue weighted by molar-refractivity contribution is 0.237. The van der Waals surface area contributed by atoms with Crippen molar-refractivity contribution in [3.8, 4) is 28.4 Å². The number of fused-ring (bicyclic) bond motifs is 1. The highest BCUT2D eigenvalue weighted by Crippen LogP contribution is 2.30. The van der Waals surface area contributed by atoms with Gasteiger partial charge in [0.05, 0.1) is 5.56 Å². The molecule has 0 bridgehead atoms. The van der Waals surface area contributed by atoms with Crippen molar-refractivity contribution in [1.29, 1.82) is 0 Å². The predicted octanol–water partition coefficient (Wildman–Crippen LogP) is 3.35. The Hall–Kier alpha value is -2.99. The van der Waals surface area contributed by atoms with E-state index in [1.807, 2.05) is 0 Å². The standard InChI is InChI=1S/C21H21NO5/c23-15-5-3-14(4-6-15)17-13-27-19-12-16(11-18(24)20(19)21(17)25)26-10-9-22-7-1-2-8-22/h3-6,11-13,23-24H,1-2,7-10H2. The zero-order chi connectivity index (χ0) is 18.8. The Morgan fingerprint density at radius 1 is 1.07 bits per heavy atom. The van der Waals surface area contributed by atoms with E-state index >= 15 is 0 Å². The van der Waals surface area contributed by atoms with Crippen LogP contribution in [0.2, 0.25) is 0 Å². The van der Waals surface area contributed by atoms with Gasteiger partial charge in [-0.25, -0.2) is 0 Å². The molecule has 4 rings (SSSR count). The molecule has 0 unspecified atom stereocenters. The summed E-state index contributed by atoms with van der Waals surface area (Å²) in [6.45, 7) is 3.55. The van der Waals surface area contributed by atoms with Crippen molar-refractivity contribution in [2.24, 2.45) is 0 Å². The smallest absolute Gasteiger partial charge is 0.204 e. The maximum atomic E-state index is 12.8. The number of nitrogens with zero attached hydrogens (tertiary/aromatic N) is 1. The lowest BCUT2D eigenvalue weighted by atomic mass is 10.0. The Balaban J connectivity index is 1.60. The first-order valence-electron chi connectivity index (χ1n) is 9.05. The van der Waals surface area contributed by atoms with Crippen molar-refractivity contribution in [3.63, 3.8) is 0 Å². The topological polar surface area (TPSA) is 83.1 Å². The van der Waals surface area contributed by atoms with Gasteiger partial charge in [0.15, 0.2) is 0 Å². The Morgan fingerprint density at radius 3 is 2.56 bits per heavy atom. The van der Waals surface area contributed by atoms with E-state index in [9.17, 15) is 15.0 Å². The molecule has 6 heteroatoms. The van der Waals surface area contributed by atoms with Gasteiger partial charge in [0.25, 0.3) is 0 Å². The summed E-state index contributed by atoms with van der Waals surface area (Å²) in [5.41, 5.74) is 0.871. The van der Waals surface area contributed by atoms with Crippen molar-refractivity contribution in [2.45, 2.75) is 12.8 Å². The fourth-order valence-electron chi connectivity index (χ4n) is 3.43. The summed E-state index contributed by atoms with van der Waals surface area (Å²) in [6, 6.07) is 9.32. The third kappa shape index (κ3) is 3.61. The molecule has 2 aromatic carbocycles. The number of phenolic OH excluding ortho intramolecular Hbond substituents is 2. The van der Waals surface area contributed by atoms with Crippen LogP contribution in [0.3, 0.4) is 0 Å². The summed E-state index contributed by atoms with van der Waals surface area (Å²) >= 11 is 0. The van der Waals surface area contributed by atoms with Crippen molar-refractivity contribution in [2.75, 3.05) is 26.2 Å². The number of likely N-dealkylation sites (tertiary alicyclic amines) is 1. The van der Waals surface area contributed by atoms with Crippen LogP contribution >= 0.6 is 0 Å². The van der Waals surface area contributed by atoms with Crippen molar-refractivity contribution >= 4 is 11.0 Å². The number of phenols is 2. The summed E-state index contributed by atoms with van der Waals surface area (Å²) in [5.74, 6) is 0.417. The minimum atomic E-state index is -0.331. The molecule has 2 N–H and O–H groups in total. The zero-order valence-electron chi connectivity index (χ0n) is 14.9. The van der Waals surface area contributed by atoms with Crippen LogP contribution in [0.5, 0.6) is 17.2 Å². The van der Waals surface area contributed by atoms with Gasteiger partial charge in [-0.15, -0.1) is 0 Å². The third-order valence-corrected chi connectivity index (χ3v) is 4.88. The molecule has 0 radical (unpaired) electrons. The maximum absolute atomic E-state index is 12.8. The minimum Gasteiger partial charge on any atom is -0.508 e. The monoisotopic (exact) mass is 367 g/mol. The van der Waals surface area contributed by atoms with Crippen molar-refractivity contribution in [3.05, 3.63) is 52.9 Å². The highest BCUT2D eigenvalue weighted by Gasteiger charge is 2.15. The van der Waals surface area contributed by atoms with E-state index in [1.165, 1.54) is 37.3 Å². The Kier molecular flexibility index (Phi) is 4.73. The first-order chi connectivity index (χ1) is 13.1. The van der Waals surface area contributed by atoms with Gasteiger partial charge in [0.1, 0.15) is 41.1 Å². The summed E-state index contributed by atoms with van der Waals surface area (Å²) in [6.07, 6.45) is 3.82. The van der Waals surface area contributed by atoms with E-state index in [2.05, 4.69) is 4.90 Å². The van der Waals surface area contributed by atoms with Gasteiger partial charge in [-0.3, -0.25) is 9.69 Å². The second-order valence-corrected chi connectivity index (χ2v) is 6.74. The number of rotatable bonds is 5. The van der Waals surface area contributed by atoms with Gasteiger partial charge < -0.3 is 19.4 Å². The number of ether oxygens (including phenoxy) is 1. The van der Waals surface area contributed by atoms with E-state index in [0.29, 0.717) is 23.5 Å². The molecule has 0 spiro atoms. The molecule has 3 aromatic rings. The van der Waals surface area contributed by atoms with Crippen LogP contribution in [0.4, 0.5) is 0 Å². The van der Waals surface area contributed by atoms with Crippen LogP contribution in [-0.2, 0) is 0 Å². The Bertz CT molecular complexity index is 1000. The molecule has 0 aliphatic carbocycles. The Morgan fingerprint density at radius 2 is 1.81 bits per heavy atom. The van der Waals surface area contributed by atoms with Crippen molar-refractivity contribution in [1.82, 2.24) is 4.90 Å². The maximum Gasteiger partial charge on any atom is 0.204 e. The quantitative estimate of drug-likeness (QED) is 0.720. The van der Waals surface area contributed by atoms with Crippen LogP contribution in [0.1, 0.15) is 12.8 Å². The van der Waals surface area contributed by atoms with Gasteiger partial charge in [0.2, 0.25) is 5.43 Å². The largest absolute Gasteiger partial charge is 0.508 e. The highest BCUT2D eigenvalue weighted by molar-refractivity contribution is 5.88. The average Bonchev–Trinajstić information content (AvgIpc) is 3.16. The predicted molar refractivity (Wildman–Crippen MR) is 102 cm³/mol. The van der Waals surface area contributed by atoms with Gasteiger partial charge >= 0.3 is 0 Å². The molecule has 1 fully saturated rings. The highest BCUT2D eigenvalue weighted by atomic mass is 16.5. The molecule has 0 atom stereocenters. The van der Waals surface area contributed by atoms with E-state index in [4.69, 9.17) is 9.15 Å². The van der Waals surface area contributed by atoms with Crippen LogP contribution < -0.4 is 10.2 Å². The normalized spacial score (nSPS) is 14.7. The number of hydrogen-bond acceptors (Lipinski definition) is 6. The lowest BCUT2D eigenvalue weighted by Gasteiger charge is -2.15. The molecule has 140 valence electrons. The number of benzene rings is 2. The third-order valence-electron chi connectivity index (χ3n) is 4.88. The van der Waals surface area contributed by atoms with Crippen LogP contribution in [0.15, 0.2) is 51.9 Å². The number of aromatic hydroxyl groups is 2. The molecule has 1 aromatic heterocycles. The van der Waals surface area contributed by atoms with E-state index in [-0.39, 0.29) is 27.9 Å². The van der Waals surface area contributed by atoms with E-state index in [1.54, 1.807) is 18.2 Å². The molecule has 1 aliphatic rings. The molecular formula is C21H21NO5. The summed E-state index contributed by atoms with van der Waals surface area (Å²) in [4.78, 5) is 15.1. The molecular weight excluding hydrogens is 346 g/mol. The first kappa shape index (κ1) is 17.4. The fourth-order valence-corrected chi connectivity index (χ4v) is 3.43.